The van der Waals surface area contributed by atoms with Crippen LogP contribution in [-0.4, -0.2) is 249 Å². The predicted molar refractivity (Wildman–Crippen MR) is 423 cm³/mol. The van der Waals surface area contributed by atoms with Crippen molar-refractivity contribution < 1.29 is 87.5 Å². The van der Waals surface area contributed by atoms with Gasteiger partial charge in [-0.3, -0.25) is 62.3 Å². The number of para-hydroxylation sites is 1. The number of aliphatic hydroxyl groups is 3. The number of aromatic amines is 1. The van der Waals surface area contributed by atoms with Crippen molar-refractivity contribution in [2.24, 2.45) is 28.7 Å². The van der Waals surface area contributed by atoms with Crippen molar-refractivity contribution in [3.8, 4) is 0 Å². The maximum absolute atomic E-state index is 15.3. The molecule has 0 radical (unpaired) electrons. The lowest BCUT2D eigenvalue weighted by molar-refractivity contribution is -0.151. The number of nitrogens with two attached hydrogens (primary N) is 5. The van der Waals surface area contributed by atoms with Gasteiger partial charge in [0.15, 0.2) is 0 Å². The SMILES string of the molecule is C[C@@H](O)[C@H](NC(=O)[C@H](CCCCN)NC(=O)[C@H](Cc1c[nH]c2ccccc12)NC(=O)[C@H](Cc1ccccc1)NC(=O)[C@H](Cc1ccccc1)NC(=O)[C@H](CC(N)=O)NC(=O)[C@H](CCCCN)NC(=O)[C@H](CS)NC(=O)CN)C(=O)N[C@@H](Cc1ccccc1)C(=O)N[C@H](C(=O)N[C@@H](CO)C(=O)N(CCN)[C@@H](CS)C(=O)O)[C@@H](C)O. The van der Waals surface area contributed by atoms with Gasteiger partial charge in [-0.15, -0.1) is 0 Å². The molecule has 36 nitrogen and oxygen atoms in total. The number of H-pyrrole nitrogens is 1. The van der Waals surface area contributed by atoms with Crippen molar-refractivity contribution in [1.82, 2.24) is 68.4 Å². The van der Waals surface area contributed by atoms with E-state index in [4.69, 9.17) is 28.7 Å². The van der Waals surface area contributed by atoms with Crippen LogP contribution < -0.4 is 87.2 Å². The Hall–Kier alpha value is -10.6. The van der Waals surface area contributed by atoms with Crippen LogP contribution in [0.4, 0.5) is 0 Å². The van der Waals surface area contributed by atoms with Gasteiger partial charge < -0.3 is 117 Å². The Kier molecular flexibility index (Phi) is 39.8. The second kappa shape index (κ2) is 48.4. The van der Waals surface area contributed by atoms with Gasteiger partial charge in [-0.1, -0.05) is 109 Å². The summed E-state index contributed by atoms with van der Waals surface area (Å²) in [5, 5.41) is 70.8. The van der Waals surface area contributed by atoms with Gasteiger partial charge in [0, 0.05) is 67.4 Å². The maximum atomic E-state index is 15.3. The largest absolute Gasteiger partial charge is 0.480 e. The summed E-state index contributed by atoms with van der Waals surface area (Å²) in [5.74, 6) is -15.2. The lowest BCUT2D eigenvalue weighted by Gasteiger charge is -2.32. The van der Waals surface area contributed by atoms with Crippen LogP contribution in [0, 0.1) is 0 Å². The molecule has 1 heterocycles. The van der Waals surface area contributed by atoms with Crippen LogP contribution in [0.2, 0.25) is 0 Å². The van der Waals surface area contributed by atoms with Gasteiger partial charge in [0.2, 0.25) is 76.8 Å². The molecule has 113 heavy (non-hydrogen) atoms. The van der Waals surface area contributed by atoms with Gasteiger partial charge in [0.25, 0.3) is 0 Å². The summed E-state index contributed by atoms with van der Waals surface area (Å²) in [5.41, 5.74) is 31.0. The molecule has 4 aromatic carbocycles. The number of aromatic nitrogens is 1. The van der Waals surface area contributed by atoms with Gasteiger partial charge in [-0.25, -0.2) is 4.79 Å². The Balaban J connectivity index is 1.48. The Labute approximate surface area is 664 Å². The number of fused-ring (bicyclic) bond motifs is 1. The number of carbonyl (C=O) groups excluding carboxylic acids is 13. The fraction of sp³-hybridized carbons (Fsp3) is 0.467. The van der Waals surface area contributed by atoms with Crippen LogP contribution in [0.15, 0.2) is 121 Å². The number of carboxylic acids is 1. The molecule has 0 aliphatic rings. The van der Waals surface area contributed by atoms with Gasteiger partial charge >= 0.3 is 5.97 Å². The van der Waals surface area contributed by atoms with Crippen LogP contribution in [0.25, 0.3) is 10.9 Å². The topological polar surface area (TPSA) is 601 Å². The molecule has 1 aromatic heterocycles. The molecule has 0 saturated carbocycles. The third-order valence-electron chi connectivity index (χ3n) is 18.1. The lowest BCUT2D eigenvalue weighted by atomic mass is 10.00. The first-order chi connectivity index (χ1) is 54.0. The van der Waals surface area contributed by atoms with Crippen molar-refractivity contribution in [1.29, 1.82) is 0 Å². The van der Waals surface area contributed by atoms with Crippen LogP contribution >= 0.6 is 25.3 Å². The number of rotatable bonds is 50. The third-order valence-corrected chi connectivity index (χ3v) is 18.8. The first kappa shape index (κ1) is 93.0. The number of thiol groups is 2. The van der Waals surface area contributed by atoms with E-state index in [0.717, 1.165) is 18.7 Å². The monoisotopic (exact) mass is 1610 g/mol. The number of nitrogens with one attached hydrogen (secondary N) is 12. The van der Waals surface area contributed by atoms with E-state index in [0.29, 0.717) is 52.4 Å². The van der Waals surface area contributed by atoms with E-state index in [1.54, 1.807) is 121 Å². The molecule has 0 spiro atoms. The number of carbonyl (C=O) groups is 14. The molecule has 14 atom stereocenters. The average Bonchev–Trinajstić information content (AvgIpc) is 1.80. The highest BCUT2D eigenvalue weighted by molar-refractivity contribution is 7.80. The van der Waals surface area contributed by atoms with E-state index < -0.39 is 187 Å². The minimum Gasteiger partial charge on any atom is -0.480 e. The zero-order chi connectivity index (χ0) is 83.3. The molecular formula is C75H106N18O18S2. The fourth-order valence-corrected chi connectivity index (χ4v) is 12.6. The summed E-state index contributed by atoms with van der Waals surface area (Å²) < 4.78 is 0. The van der Waals surface area contributed by atoms with Crippen LogP contribution in [0.5, 0.6) is 0 Å². The number of aliphatic carboxylic acids is 1. The predicted octanol–water partition coefficient (Wildman–Crippen LogP) is -5.28. The summed E-state index contributed by atoms with van der Waals surface area (Å²) in [6, 6.07) is 12.2. The summed E-state index contributed by atoms with van der Waals surface area (Å²) in [6.45, 7) is 0.511. The molecule has 5 aromatic rings. The normalized spacial score (nSPS) is 14.9. The highest BCUT2D eigenvalue weighted by atomic mass is 32.1. The van der Waals surface area contributed by atoms with Crippen molar-refractivity contribution in [3.63, 3.8) is 0 Å². The average molecular weight is 1610 g/mol. The molecule has 5 rings (SSSR count). The Morgan fingerprint density at radius 2 is 0.805 bits per heavy atom. The third kappa shape index (κ3) is 30.1. The first-order valence-corrected chi connectivity index (χ1v) is 38.1. The van der Waals surface area contributed by atoms with Gasteiger partial charge in [0.05, 0.1) is 31.8 Å². The molecule has 13 amide bonds. The molecule has 38 heteroatoms. The molecule has 0 fully saturated rings. The van der Waals surface area contributed by atoms with Gasteiger partial charge in [0.1, 0.15) is 72.5 Å². The second-order valence-corrected chi connectivity index (χ2v) is 27.6. The fourth-order valence-electron chi connectivity index (χ4n) is 12.0. The maximum Gasteiger partial charge on any atom is 0.327 e. The summed E-state index contributed by atoms with van der Waals surface area (Å²) in [4.78, 5) is 200. The molecule has 0 aliphatic heterocycles. The van der Waals surface area contributed by atoms with Crippen molar-refractivity contribution in [2.75, 3.05) is 50.8 Å². The number of hydrogen-bond acceptors (Lipinski definition) is 23. The number of amides is 13. The van der Waals surface area contributed by atoms with Crippen molar-refractivity contribution >= 4 is 119 Å². The smallest absolute Gasteiger partial charge is 0.327 e. The molecular weight excluding hydrogens is 1510 g/mol. The quantitative estimate of drug-likeness (QED) is 0.0128. The van der Waals surface area contributed by atoms with Crippen molar-refractivity contribution in [3.05, 3.63) is 144 Å². The number of benzene rings is 4. The standard InChI is InChI=1S/C75H106N18O18S2/c1-42(95)62(72(107)89-54(34-46-22-10-5-11-23-46)70(105)92-63(43(2)96)73(108)90-57(39-94)74(109)93(31-30-78)59(41-113)75(110)111)91-65(100)51(27-15-17-29-77)83-68(103)55(35-47-38-81-49-25-13-12-24-48(47)49)87-67(102)53(33-45-20-8-4-9-21-45)85-66(101)52(32-44-18-6-3-7-19-44)86-69(104)56(36-60(80)97)88-64(99)50(26-14-16-28-76)84-71(106)58(40-112)82-61(98)37-79/h3-13,18-25,38,42-43,50-59,62-63,81,94-96,112-113H,14-17,26-37,39-41,76-79H2,1-2H3,(H2,80,97)(H,82,98)(H,83,103)(H,84,106)(H,85,101)(H,86,104)(H,87,102)(H,88,99)(H,89,107)(H,90,108)(H,91,100)(H,92,105)(H,110,111)/t42-,43-,50+,51+,52+,53+,54+,55+,56+,57+,58+,59+,62+,63+/m1/s1. The molecule has 616 valence electrons. The van der Waals surface area contributed by atoms with Crippen LogP contribution in [-0.2, 0) is 92.8 Å². The van der Waals surface area contributed by atoms with E-state index in [1.807, 2.05) is 0 Å². The lowest BCUT2D eigenvalue weighted by Crippen LogP contribution is -2.63. The van der Waals surface area contributed by atoms with E-state index >= 15 is 14.4 Å². The highest BCUT2D eigenvalue weighted by Crippen LogP contribution is 2.21. The molecule has 0 bridgehead atoms. The molecule has 0 aliphatic carbocycles. The summed E-state index contributed by atoms with van der Waals surface area (Å²) >= 11 is 8.19. The molecule has 0 saturated heterocycles. The van der Waals surface area contributed by atoms with Gasteiger partial charge in [-0.2, -0.15) is 25.3 Å². The number of primary amides is 1. The van der Waals surface area contributed by atoms with Crippen molar-refractivity contribution in [2.45, 2.75) is 169 Å². The molecule has 0 unspecified atom stereocenters. The Morgan fingerprint density at radius 3 is 1.20 bits per heavy atom. The Morgan fingerprint density at radius 1 is 0.434 bits per heavy atom. The minimum atomic E-state index is -1.91. The van der Waals surface area contributed by atoms with E-state index in [-0.39, 0.29) is 82.6 Å². The number of carboxylic acid groups (broad SMARTS) is 1. The number of aliphatic hydroxyl groups excluding tert-OH is 3. The van der Waals surface area contributed by atoms with E-state index in [1.165, 1.54) is 0 Å². The number of hydrogen-bond donors (Lipinski definition) is 23. The second-order valence-electron chi connectivity index (χ2n) is 26.9. The van der Waals surface area contributed by atoms with Crippen LogP contribution in [0.3, 0.4) is 0 Å². The highest BCUT2D eigenvalue weighted by Gasteiger charge is 2.40. The van der Waals surface area contributed by atoms with E-state index in [2.05, 4.69) is 88.7 Å². The van der Waals surface area contributed by atoms with Crippen LogP contribution in [0.1, 0.15) is 81.0 Å². The number of nitrogens with zero attached hydrogens (tertiary/aromatic N) is 1. The summed E-state index contributed by atoms with van der Waals surface area (Å²) in [6.07, 6.45) is -2.80. The summed E-state index contributed by atoms with van der Waals surface area (Å²) in [7, 11) is 0. The van der Waals surface area contributed by atoms with Gasteiger partial charge in [-0.05, 0) is 93.8 Å². The molecule has 26 N–H and O–H groups in total. The Bertz CT molecular complexity index is 3980. The first-order valence-electron chi connectivity index (χ1n) is 36.8. The minimum absolute atomic E-state index is 0.0307. The zero-order valence-corrected chi connectivity index (χ0v) is 64.6. The zero-order valence-electron chi connectivity index (χ0n) is 62.8. The number of unbranched alkanes of at least 4 members (excludes halogenated alkanes) is 2. The van der Waals surface area contributed by atoms with E-state index in [9.17, 15) is 73.2 Å².